The van der Waals surface area contributed by atoms with Gasteiger partial charge in [0.25, 0.3) is 5.91 Å². The molecule has 5 nitrogen and oxygen atoms in total. The average molecular weight is 290 g/mol. The third kappa shape index (κ3) is 1.88. The van der Waals surface area contributed by atoms with Gasteiger partial charge < -0.3 is 15.0 Å². The fourth-order valence-corrected chi connectivity index (χ4v) is 3.32. The number of pyridine rings is 1. The summed E-state index contributed by atoms with van der Waals surface area (Å²) in [4.78, 5) is 24.3. The summed E-state index contributed by atoms with van der Waals surface area (Å²) in [5.74, 6) is -0.694. The van der Waals surface area contributed by atoms with Gasteiger partial charge in [-0.15, -0.1) is 0 Å². The normalized spacial score (nSPS) is 14.1. The van der Waals surface area contributed by atoms with Gasteiger partial charge in [-0.2, -0.15) is 11.3 Å². The van der Waals surface area contributed by atoms with Gasteiger partial charge in [-0.25, -0.2) is 0 Å². The van der Waals surface area contributed by atoms with Crippen molar-refractivity contribution in [2.45, 2.75) is 20.1 Å². The van der Waals surface area contributed by atoms with Crippen LogP contribution in [0.5, 0.6) is 0 Å². The van der Waals surface area contributed by atoms with Crippen molar-refractivity contribution in [3.8, 4) is 11.1 Å². The van der Waals surface area contributed by atoms with Crippen molar-refractivity contribution < 1.29 is 9.53 Å². The molecule has 0 saturated carbocycles. The Hall–Kier alpha value is -1.92. The van der Waals surface area contributed by atoms with Crippen LogP contribution in [0.15, 0.2) is 21.6 Å². The second-order valence-electron chi connectivity index (χ2n) is 4.69. The molecule has 0 fully saturated rings. The molecule has 104 valence electrons. The molecule has 20 heavy (non-hydrogen) atoms. The number of fused-ring (bicyclic) bond motifs is 1. The first-order valence-corrected chi connectivity index (χ1v) is 7.22. The molecule has 3 rings (SSSR count). The molecule has 3 heterocycles. The number of hydrogen-bond donors (Lipinski definition) is 1. The molecule has 0 spiro atoms. The lowest BCUT2D eigenvalue weighted by Crippen LogP contribution is -2.33. The van der Waals surface area contributed by atoms with E-state index in [0.29, 0.717) is 24.4 Å². The summed E-state index contributed by atoms with van der Waals surface area (Å²) in [7, 11) is 0. The Morgan fingerprint density at radius 1 is 1.50 bits per heavy atom. The summed E-state index contributed by atoms with van der Waals surface area (Å²) in [5.41, 5.74) is 8.00. The van der Waals surface area contributed by atoms with E-state index in [2.05, 4.69) is 0 Å². The lowest BCUT2D eigenvalue weighted by atomic mass is 10.0. The second kappa shape index (κ2) is 4.88. The van der Waals surface area contributed by atoms with Crippen LogP contribution in [0, 0.1) is 6.92 Å². The van der Waals surface area contributed by atoms with E-state index in [1.165, 1.54) is 11.3 Å². The van der Waals surface area contributed by atoms with Crippen molar-refractivity contribution in [3.05, 3.63) is 44.0 Å². The number of rotatable bonds is 2. The van der Waals surface area contributed by atoms with Crippen molar-refractivity contribution in [3.63, 3.8) is 0 Å². The van der Waals surface area contributed by atoms with Crippen molar-refractivity contribution in [1.82, 2.24) is 4.57 Å². The molecule has 2 aromatic heterocycles. The quantitative estimate of drug-likeness (QED) is 0.911. The van der Waals surface area contributed by atoms with E-state index in [1.54, 1.807) is 0 Å². The Kier molecular flexibility index (Phi) is 3.19. The van der Waals surface area contributed by atoms with Crippen LogP contribution in [0.25, 0.3) is 11.1 Å². The highest BCUT2D eigenvalue weighted by Gasteiger charge is 2.25. The van der Waals surface area contributed by atoms with E-state index in [1.807, 2.05) is 28.3 Å². The van der Waals surface area contributed by atoms with Crippen LogP contribution in [0.2, 0.25) is 0 Å². The zero-order valence-electron chi connectivity index (χ0n) is 11.0. The minimum atomic E-state index is -0.694. The maximum Gasteiger partial charge on any atom is 0.254 e. The van der Waals surface area contributed by atoms with Gasteiger partial charge in [0.15, 0.2) is 0 Å². The molecule has 1 aliphatic rings. The van der Waals surface area contributed by atoms with E-state index >= 15 is 0 Å². The molecule has 2 aromatic rings. The number of hydrogen-bond acceptors (Lipinski definition) is 4. The summed E-state index contributed by atoms with van der Waals surface area (Å²) >= 11 is 1.51. The predicted octanol–water partition coefficient (Wildman–Crippen LogP) is 1.51. The molecular formula is C14H14N2O3S. The zero-order valence-corrected chi connectivity index (χ0v) is 11.8. The number of carbonyl (C=O) groups is 1. The second-order valence-corrected chi connectivity index (χ2v) is 5.47. The number of nitrogens with two attached hydrogens (primary N) is 1. The van der Waals surface area contributed by atoms with Crippen molar-refractivity contribution in [1.29, 1.82) is 0 Å². The SMILES string of the molecule is Cc1c(-c2ccsc2)c(=O)c(C(N)=O)c2n1CCOC2. The van der Waals surface area contributed by atoms with Crippen molar-refractivity contribution in [2.75, 3.05) is 6.61 Å². The van der Waals surface area contributed by atoms with Crippen LogP contribution in [0.3, 0.4) is 0 Å². The smallest absolute Gasteiger partial charge is 0.254 e. The third-order valence-electron chi connectivity index (χ3n) is 3.59. The first kappa shape index (κ1) is 13.1. The van der Waals surface area contributed by atoms with E-state index in [-0.39, 0.29) is 17.6 Å². The van der Waals surface area contributed by atoms with Gasteiger partial charge in [0, 0.05) is 12.2 Å². The summed E-state index contributed by atoms with van der Waals surface area (Å²) in [6, 6.07) is 1.88. The summed E-state index contributed by atoms with van der Waals surface area (Å²) in [5, 5.41) is 3.81. The standard InChI is InChI=1S/C14H14N2O3S/c1-8-11(9-2-5-20-7-9)13(17)12(14(15)18)10-6-19-4-3-16(8)10/h2,5,7H,3-4,6H2,1H3,(H2,15,18). The lowest BCUT2D eigenvalue weighted by Gasteiger charge is -2.25. The maximum atomic E-state index is 12.6. The number of carbonyl (C=O) groups excluding carboxylic acids is 1. The maximum absolute atomic E-state index is 12.6. The Labute approximate surface area is 119 Å². The van der Waals surface area contributed by atoms with E-state index < -0.39 is 5.91 Å². The molecule has 0 aliphatic carbocycles. The highest BCUT2D eigenvalue weighted by Crippen LogP contribution is 2.26. The van der Waals surface area contributed by atoms with E-state index in [0.717, 1.165) is 11.3 Å². The summed E-state index contributed by atoms with van der Waals surface area (Å²) in [6.45, 7) is 3.34. The molecule has 0 saturated heterocycles. The van der Waals surface area contributed by atoms with Gasteiger partial charge in [0.05, 0.1) is 24.5 Å². The first-order valence-electron chi connectivity index (χ1n) is 6.27. The number of primary amides is 1. The van der Waals surface area contributed by atoms with Crippen LogP contribution in [-0.2, 0) is 17.9 Å². The summed E-state index contributed by atoms with van der Waals surface area (Å²) in [6.07, 6.45) is 0. The average Bonchev–Trinajstić information content (AvgIpc) is 2.92. The fourth-order valence-electron chi connectivity index (χ4n) is 2.67. The molecule has 1 aliphatic heterocycles. The van der Waals surface area contributed by atoms with Crippen LogP contribution in [0.4, 0.5) is 0 Å². The Morgan fingerprint density at radius 2 is 2.30 bits per heavy atom. The van der Waals surface area contributed by atoms with Crippen molar-refractivity contribution in [2.24, 2.45) is 5.73 Å². The largest absolute Gasteiger partial charge is 0.373 e. The van der Waals surface area contributed by atoms with Gasteiger partial charge in [0.1, 0.15) is 5.56 Å². The van der Waals surface area contributed by atoms with Gasteiger partial charge >= 0.3 is 0 Å². The van der Waals surface area contributed by atoms with Crippen LogP contribution in [-0.4, -0.2) is 17.1 Å². The van der Waals surface area contributed by atoms with Gasteiger partial charge in [-0.3, -0.25) is 9.59 Å². The zero-order chi connectivity index (χ0) is 14.3. The van der Waals surface area contributed by atoms with Crippen LogP contribution in [0.1, 0.15) is 21.7 Å². The molecule has 0 unspecified atom stereocenters. The third-order valence-corrected chi connectivity index (χ3v) is 4.27. The minimum absolute atomic E-state index is 0.0523. The summed E-state index contributed by atoms with van der Waals surface area (Å²) < 4.78 is 7.33. The molecule has 6 heteroatoms. The molecular weight excluding hydrogens is 276 g/mol. The molecule has 0 bridgehead atoms. The Morgan fingerprint density at radius 3 is 2.95 bits per heavy atom. The lowest BCUT2D eigenvalue weighted by molar-refractivity contribution is 0.0798. The van der Waals surface area contributed by atoms with E-state index in [9.17, 15) is 9.59 Å². The first-order chi connectivity index (χ1) is 9.61. The topological polar surface area (TPSA) is 74.3 Å². The monoisotopic (exact) mass is 290 g/mol. The molecule has 0 radical (unpaired) electrons. The number of nitrogens with zero attached hydrogens (tertiary/aromatic N) is 1. The number of amides is 1. The molecule has 0 aromatic carbocycles. The fraction of sp³-hybridized carbons (Fsp3) is 0.286. The number of aromatic nitrogens is 1. The van der Waals surface area contributed by atoms with Crippen LogP contribution >= 0.6 is 11.3 Å². The van der Waals surface area contributed by atoms with Gasteiger partial charge in [-0.05, 0) is 29.3 Å². The molecule has 1 amide bonds. The van der Waals surface area contributed by atoms with E-state index in [4.69, 9.17) is 10.5 Å². The highest BCUT2D eigenvalue weighted by molar-refractivity contribution is 7.08. The molecule has 2 N–H and O–H groups in total. The Balaban J connectivity index is 2.40. The highest BCUT2D eigenvalue weighted by atomic mass is 32.1. The van der Waals surface area contributed by atoms with Crippen molar-refractivity contribution >= 4 is 17.2 Å². The van der Waals surface area contributed by atoms with Crippen LogP contribution < -0.4 is 11.2 Å². The van der Waals surface area contributed by atoms with Gasteiger partial charge in [0.2, 0.25) is 5.43 Å². The molecule has 0 atom stereocenters. The number of ether oxygens (including phenoxy) is 1. The van der Waals surface area contributed by atoms with Gasteiger partial charge in [-0.1, -0.05) is 0 Å². The Bertz CT molecular complexity index is 732. The predicted molar refractivity (Wildman–Crippen MR) is 76.9 cm³/mol. The minimum Gasteiger partial charge on any atom is -0.373 e. The number of thiophene rings is 1.